The minimum Gasteiger partial charge on any atom is -0.437 e. The minimum atomic E-state index is -4.41. The Morgan fingerprint density at radius 2 is 1.50 bits per heavy atom. The number of rotatable bonds is 3. The highest BCUT2D eigenvalue weighted by Crippen LogP contribution is 2.32. The van der Waals surface area contributed by atoms with Gasteiger partial charge in [0.25, 0.3) is 0 Å². The second-order valence-corrected chi connectivity index (χ2v) is 4.91. The van der Waals surface area contributed by atoms with Gasteiger partial charge in [0, 0.05) is 30.4 Å². The van der Waals surface area contributed by atoms with Crippen LogP contribution < -0.4 is 4.74 Å². The van der Waals surface area contributed by atoms with E-state index >= 15 is 0 Å². The van der Waals surface area contributed by atoms with Gasteiger partial charge in [0.15, 0.2) is 0 Å². The molecule has 0 saturated heterocycles. The first-order valence-corrected chi connectivity index (χ1v) is 6.95. The Morgan fingerprint density at radius 3 is 2.12 bits per heavy atom. The van der Waals surface area contributed by atoms with Crippen LogP contribution in [-0.2, 0) is 6.18 Å². The average Bonchev–Trinajstić information content (AvgIpc) is 2.56. The highest BCUT2D eigenvalue weighted by Gasteiger charge is 2.30. The molecular formula is C15H8ClF3N4O. The summed E-state index contributed by atoms with van der Waals surface area (Å²) in [5, 5.41) is 0.0767. The lowest BCUT2D eigenvalue weighted by Crippen LogP contribution is -2.04. The number of benzene rings is 1. The molecule has 0 aliphatic rings. The molecule has 3 rings (SSSR count). The van der Waals surface area contributed by atoms with Crippen LogP contribution in [0.3, 0.4) is 0 Å². The van der Waals surface area contributed by atoms with Gasteiger partial charge in [-0.05, 0) is 35.9 Å². The first kappa shape index (κ1) is 16.1. The fourth-order valence-electron chi connectivity index (χ4n) is 1.86. The highest BCUT2D eigenvalue weighted by atomic mass is 35.5. The van der Waals surface area contributed by atoms with Crippen LogP contribution in [0.2, 0.25) is 5.28 Å². The summed E-state index contributed by atoms with van der Waals surface area (Å²) in [6.07, 6.45) is 1.33. The summed E-state index contributed by atoms with van der Waals surface area (Å²) < 4.78 is 43.3. The number of hydrogen-bond acceptors (Lipinski definition) is 5. The third-order valence-electron chi connectivity index (χ3n) is 2.95. The van der Waals surface area contributed by atoms with Crippen molar-refractivity contribution in [3.8, 4) is 22.9 Å². The molecule has 0 N–H and O–H groups in total. The maximum Gasteiger partial charge on any atom is 0.416 e. The van der Waals surface area contributed by atoms with Crippen LogP contribution in [0.5, 0.6) is 11.6 Å². The molecule has 9 heteroatoms. The van der Waals surface area contributed by atoms with Gasteiger partial charge in [-0.2, -0.15) is 13.2 Å². The summed E-state index contributed by atoms with van der Waals surface area (Å²) in [5.41, 5.74) is 0.0868. The van der Waals surface area contributed by atoms with E-state index in [9.17, 15) is 13.2 Å². The average molecular weight is 353 g/mol. The van der Waals surface area contributed by atoms with Crippen LogP contribution in [0.1, 0.15) is 5.56 Å². The van der Waals surface area contributed by atoms with Crippen molar-refractivity contribution >= 4 is 11.6 Å². The van der Waals surface area contributed by atoms with Crippen LogP contribution in [-0.4, -0.2) is 19.9 Å². The first-order chi connectivity index (χ1) is 11.4. The fourth-order valence-corrected chi connectivity index (χ4v) is 1.95. The Kier molecular flexibility index (Phi) is 4.30. The molecule has 5 nitrogen and oxygen atoms in total. The van der Waals surface area contributed by atoms with Crippen molar-refractivity contribution in [2.75, 3.05) is 0 Å². The van der Waals surface area contributed by atoms with Crippen molar-refractivity contribution in [3.63, 3.8) is 0 Å². The van der Waals surface area contributed by atoms with Gasteiger partial charge >= 0.3 is 6.18 Å². The number of aromatic nitrogens is 4. The Bertz CT molecular complexity index is 839. The molecule has 2 heterocycles. The Labute approximate surface area is 139 Å². The molecule has 3 aromatic rings. The molecule has 0 atom stereocenters. The second-order valence-electron chi connectivity index (χ2n) is 4.58. The third kappa shape index (κ3) is 3.60. The molecule has 0 radical (unpaired) electrons. The number of nitrogens with zero attached hydrogens (tertiary/aromatic N) is 4. The molecule has 0 aliphatic carbocycles. The standard InChI is InChI=1S/C15H8ClF3N4O/c16-14-22-7-9(8-23-14)12-13(21-6-5-20-12)24-11-3-1-10(2-4-11)15(17,18)19/h1-8H. The van der Waals surface area contributed by atoms with Crippen molar-refractivity contribution in [1.29, 1.82) is 0 Å². The lowest BCUT2D eigenvalue weighted by atomic mass is 10.2. The molecule has 0 saturated carbocycles. The quantitative estimate of drug-likeness (QED) is 0.654. The Morgan fingerprint density at radius 1 is 0.875 bits per heavy atom. The van der Waals surface area contributed by atoms with Gasteiger partial charge in [-0.15, -0.1) is 0 Å². The van der Waals surface area contributed by atoms with Crippen LogP contribution in [0, 0.1) is 0 Å². The van der Waals surface area contributed by atoms with E-state index in [4.69, 9.17) is 16.3 Å². The second kappa shape index (κ2) is 6.40. The summed E-state index contributed by atoms with van der Waals surface area (Å²) in [4.78, 5) is 15.9. The smallest absolute Gasteiger partial charge is 0.416 e. The van der Waals surface area contributed by atoms with E-state index in [-0.39, 0.29) is 16.9 Å². The fraction of sp³-hybridized carbons (Fsp3) is 0.0667. The molecule has 1 aromatic carbocycles. The van der Waals surface area contributed by atoms with Gasteiger partial charge < -0.3 is 4.74 Å². The normalized spacial score (nSPS) is 11.3. The van der Waals surface area contributed by atoms with Gasteiger partial charge in [-0.3, -0.25) is 0 Å². The zero-order chi connectivity index (χ0) is 17.2. The van der Waals surface area contributed by atoms with Gasteiger partial charge in [-0.25, -0.2) is 19.9 Å². The number of alkyl halides is 3. The molecule has 0 unspecified atom stereocenters. The molecule has 0 amide bonds. The molecular weight excluding hydrogens is 345 g/mol. The SMILES string of the molecule is FC(F)(F)c1ccc(Oc2nccnc2-c2cnc(Cl)nc2)cc1. The monoisotopic (exact) mass is 352 g/mol. The van der Waals surface area contributed by atoms with E-state index in [0.29, 0.717) is 11.3 Å². The topological polar surface area (TPSA) is 60.8 Å². The molecule has 24 heavy (non-hydrogen) atoms. The molecule has 0 bridgehead atoms. The van der Waals surface area contributed by atoms with Crippen LogP contribution >= 0.6 is 11.6 Å². The number of hydrogen-bond donors (Lipinski definition) is 0. The third-order valence-corrected chi connectivity index (χ3v) is 3.15. The van der Waals surface area contributed by atoms with E-state index in [1.54, 1.807) is 0 Å². The molecule has 0 fully saturated rings. The summed E-state index contributed by atoms with van der Waals surface area (Å²) in [7, 11) is 0. The van der Waals surface area contributed by atoms with Gasteiger partial charge in [0.05, 0.1) is 5.56 Å². The van der Waals surface area contributed by atoms with Crippen LogP contribution in [0.15, 0.2) is 49.1 Å². The molecule has 122 valence electrons. The first-order valence-electron chi connectivity index (χ1n) is 6.57. The zero-order valence-corrected chi connectivity index (χ0v) is 12.6. The van der Waals surface area contributed by atoms with Gasteiger partial charge in [-0.1, -0.05) is 0 Å². The Balaban J connectivity index is 1.89. The lowest BCUT2D eigenvalue weighted by molar-refractivity contribution is -0.137. The van der Waals surface area contributed by atoms with Gasteiger partial charge in [0.2, 0.25) is 11.2 Å². The van der Waals surface area contributed by atoms with Crippen LogP contribution in [0.25, 0.3) is 11.3 Å². The van der Waals surface area contributed by atoms with Crippen molar-refractivity contribution in [1.82, 2.24) is 19.9 Å². The summed E-state index contributed by atoms with van der Waals surface area (Å²) in [6.45, 7) is 0. The van der Waals surface area contributed by atoms with Crippen LogP contribution in [0.4, 0.5) is 13.2 Å². The molecule has 0 aliphatic heterocycles. The predicted octanol–water partition coefficient (Wildman–Crippen LogP) is 4.40. The van der Waals surface area contributed by atoms with Crippen molar-refractivity contribution < 1.29 is 17.9 Å². The minimum absolute atomic E-state index is 0.0767. The maximum absolute atomic E-state index is 12.6. The summed E-state index contributed by atoms with van der Waals surface area (Å²) >= 11 is 5.64. The summed E-state index contributed by atoms with van der Waals surface area (Å²) in [6, 6.07) is 4.27. The predicted molar refractivity (Wildman–Crippen MR) is 79.6 cm³/mol. The van der Waals surface area contributed by atoms with Crippen molar-refractivity contribution in [3.05, 3.63) is 59.9 Å². The van der Waals surface area contributed by atoms with Crippen molar-refractivity contribution in [2.45, 2.75) is 6.18 Å². The van der Waals surface area contributed by atoms with E-state index < -0.39 is 11.7 Å². The number of halogens is 4. The molecule has 2 aromatic heterocycles. The van der Waals surface area contributed by atoms with E-state index in [0.717, 1.165) is 12.1 Å². The maximum atomic E-state index is 12.6. The number of ether oxygens (including phenoxy) is 1. The largest absolute Gasteiger partial charge is 0.437 e. The zero-order valence-electron chi connectivity index (χ0n) is 11.8. The van der Waals surface area contributed by atoms with E-state index in [2.05, 4.69) is 19.9 Å². The van der Waals surface area contributed by atoms with Gasteiger partial charge in [0.1, 0.15) is 11.4 Å². The van der Waals surface area contributed by atoms with Crippen molar-refractivity contribution in [2.24, 2.45) is 0 Å². The summed E-state index contributed by atoms with van der Waals surface area (Å²) in [5.74, 6) is 0.308. The highest BCUT2D eigenvalue weighted by molar-refractivity contribution is 6.28. The molecule has 0 spiro atoms. The van der Waals surface area contributed by atoms with E-state index in [1.807, 2.05) is 0 Å². The Hall–Kier alpha value is -2.74. The van der Waals surface area contributed by atoms with E-state index in [1.165, 1.54) is 36.9 Å². The lowest BCUT2D eigenvalue weighted by Gasteiger charge is -2.10.